The zero-order valence-corrected chi connectivity index (χ0v) is 11.9. The number of nitrogens with one attached hydrogen (secondary N) is 1. The van der Waals surface area contributed by atoms with Gasteiger partial charge in [-0.05, 0) is 56.8 Å². The average Bonchev–Trinajstić information content (AvgIpc) is 3.30. The molecule has 1 N–H and O–H groups in total. The number of anilines is 1. The average molecular weight is 293 g/mol. The lowest BCUT2D eigenvalue weighted by Crippen LogP contribution is -2.39. The van der Waals surface area contributed by atoms with Crippen molar-refractivity contribution in [3.63, 3.8) is 0 Å². The van der Waals surface area contributed by atoms with Crippen LogP contribution in [0.25, 0.3) is 0 Å². The Hall–Kier alpha value is -1.69. The Morgan fingerprint density at radius 1 is 1.38 bits per heavy atom. The van der Waals surface area contributed by atoms with E-state index in [-0.39, 0.29) is 5.69 Å². The summed E-state index contributed by atoms with van der Waals surface area (Å²) in [5, 5.41) is 14.6. The quantitative estimate of drug-likeness (QED) is 0.670. The molecule has 0 aromatic heterocycles. The van der Waals surface area contributed by atoms with Gasteiger partial charge in [0.05, 0.1) is 4.92 Å². The molecule has 21 heavy (non-hydrogen) atoms. The first-order chi connectivity index (χ1) is 10.2. The Balaban J connectivity index is 1.87. The van der Waals surface area contributed by atoms with Crippen LogP contribution in [0.4, 0.5) is 15.8 Å². The van der Waals surface area contributed by atoms with E-state index in [4.69, 9.17) is 0 Å². The van der Waals surface area contributed by atoms with E-state index < -0.39 is 10.7 Å². The van der Waals surface area contributed by atoms with E-state index in [0.717, 1.165) is 51.4 Å². The smallest absolute Gasteiger partial charge is 0.327 e. The minimum atomic E-state index is -0.745. The largest absolute Gasteiger partial charge is 0.363 e. The van der Waals surface area contributed by atoms with Gasteiger partial charge in [-0.3, -0.25) is 10.1 Å². The van der Waals surface area contributed by atoms with Gasteiger partial charge >= 0.3 is 5.69 Å². The SMILES string of the molecule is O=[N+]([O-])c1c(F)cccc1N(CC1CCCNC1)C1CC1. The van der Waals surface area contributed by atoms with Gasteiger partial charge in [0, 0.05) is 12.6 Å². The Bertz CT molecular complexity index is 528. The minimum absolute atomic E-state index is 0.326. The number of benzene rings is 1. The van der Waals surface area contributed by atoms with Crippen molar-refractivity contribution in [1.29, 1.82) is 0 Å². The fourth-order valence-corrected chi connectivity index (χ4v) is 3.10. The van der Waals surface area contributed by atoms with Crippen LogP contribution in [0.2, 0.25) is 0 Å². The van der Waals surface area contributed by atoms with Crippen LogP contribution >= 0.6 is 0 Å². The second-order valence-electron chi connectivity index (χ2n) is 5.96. The fourth-order valence-electron chi connectivity index (χ4n) is 3.10. The van der Waals surface area contributed by atoms with Crippen LogP contribution < -0.4 is 10.2 Å². The number of para-hydroxylation sites is 1. The molecule has 3 rings (SSSR count). The summed E-state index contributed by atoms with van der Waals surface area (Å²) < 4.78 is 13.8. The predicted molar refractivity (Wildman–Crippen MR) is 79.0 cm³/mol. The second-order valence-corrected chi connectivity index (χ2v) is 5.96. The molecule has 2 aliphatic rings. The standard InChI is InChI=1S/C15H20FN3O2/c16-13-4-1-5-14(15(13)19(20)21)18(12-6-7-12)10-11-3-2-8-17-9-11/h1,4-5,11-12,17H,2-3,6-10H2. The van der Waals surface area contributed by atoms with Crippen LogP contribution in [0.15, 0.2) is 18.2 Å². The molecule has 6 heteroatoms. The van der Waals surface area contributed by atoms with Gasteiger partial charge in [-0.15, -0.1) is 0 Å². The van der Waals surface area contributed by atoms with Crippen molar-refractivity contribution in [3.8, 4) is 0 Å². The van der Waals surface area contributed by atoms with Gasteiger partial charge in [0.15, 0.2) is 0 Å². The van der Waals surface area contributed by atoms with Crippen molar-refractivity contribution >= 4 is 11.4 Å². The zero-order chi connectivity index (χ0) is 14.8. The normalized spacial score (nSPS) is 22.0. The zero-order valence-electron chi connectivity index (χ0n) is 11.9. The molecule has 1 aromatic carbocycles. The molecule has 1 aliphatic carbocycles. The molecule has 1 saturated heterocycles. The van der Waals surface area contributed by atoms with Crippen molar-refractivity contribution in [3.05, 3.63) is 34.1 Å². The summed E-state index contributed by atoms with van der Waals surface area (Å²) >= 11 is 0. The van der Waals surface area contributed by atoms with Gasteiger partial charge in [0.2, 0.25) is 5.82 Å². The minimum Gasteiger partial charge on any atom is -0.363 e. The first kappa shape index (κ1) is 14.3. The summed E-state index contributed by atoms with van der Waals surface area (Å²) in [5.41, 5.74) is 0.0567. The molecular formula is C15H20FN3O2. The summed E-state index contributed by atoms with van der Waals surface area (Å²) in [6.07, 6.45) is 4.33. The van der Waals surface area contributed by atoms with Crippen molar-refractivity contribution in [2.75, 3.05) is 24.5 Å². The molecule has 2 fully saturated rings. The van der Waals surface area contributed by atoms with Crippen LogP contribution in [-0.4, -0.2) is 30.6 Å². The Kier molecular flexibility index (Phi) is 4.05. The Morgan fingerprint density at radius 3 is 2.81 bits per heavy atom. The maximum Gasteiger partial charge on any atom is 0.327 e. The number of rotatable bonds is 5. The van der Waals surface area contributed by atoms with Gasteiger partial charge in [-0.25, -0.2) is 0 Å². The summed E-state index contributed by atoms with van der Waals surface area (Å²) in [4.78, 5) is 12.7. The van der Waals surface area contributed by atoms with E-state index in [0.29, 0.717) is 17.6 Å². The molecule has 1 unspecified atom stereocenters. The molecule has 0 bridgehead atoms. The molecule has 1 saturated carbocycles. The lowest BCUT2D eigenvalue weighted by Gasteiger charge is -2.31. The molecule has 114 valence electrons. The molecule has 1 heterocycles. The predicted octanol–water partition coefficient (Wildman–Crippen LogP) is 2.70. The molecule has 0 radical (unpaired) electrons. The molecule has 1 aliphatic heterocycles. The van der Waals surface area contributed by atoms with E-state index in [1.54, 1.807) is 12.1 Å². The number of nitrogens with zero attached hydrogens (tertiary/aromatic N) is 2. The van der Waals surface area contributed by atoms with Crippen LogP contribution in [0, 0.1) is 21.8 Å². The van der Waals surface area contributed by atoms with Crippen LogP contribution in [0.1, 0.15) is 25.7 Å². The van der Waals surface area contributed by atoms with Gasteiger partial charge < -0.3 is 10.2 Å². The maximum atomic E-state index is 13.8. The third-order valence-electron chi connectivity index (χ3n) is 4.30. The van der Waals surface area contributed by atoms with E-state index in [1.807, 2.05) is 0 Å². The van der Waals surface area contributed by atoms with Crippen molar-refractivity contribution in [1.82, 2.24) is 5.32 Å². The fraction of sp³-hybridized carbons (Fsp3) is 0.600. The van der Waals surface area contributed by atoms with Gasteiger partial charge in [0.25, 0.3) is 0 Å². The van der Waals surface area contributed by atoms with Crippen molar-refractivity contribution in [2.24, 2.45) is 5.92 Å². The maximum absolute atomic E-state index is 13.8. The number of piperidine rings is 1. The summed E-state index contributed by atoms with van der Waals surface area (Å²) in [5.74, 6) is -0.271. The van der Waals surface area contributed by atoms with E-state index in [2.05, 4.69) is 10.2 Å². The third kappa shape index (κ3) is 3.15. The molecule has 5 nitrogen and oxygen atoms in total. The lowest BCUT2D eigenvalue weighted by atomic mass is 9.98. The highest BCUT2D eigenvalue weighted by molar-refractivity contribution is 5.65. The summed E-state index contributed by atoms with van der Waals surface area (Å²) in [7, 11) is 0. The highest BCUT2D eigenvalue weighted by atomic mass is 19.1. The van der Waals surface area contributed by atoms with Gasteiger partial charge in [-0.2, -0.15) is 4.39 Å². The second kappa shape index (κ2) is 5.97. The van der Waals surface area contributed by atoms with Gasteiger partial charge in [0.1, 0.15) is 5.69 Å². The number of nitro benzene ring substituents is 1. The first-order valence-corrected chi connectivity index (χ1v) is 7.57. The lowest BCUT2D eigenvalue weighted by molar-refractivity contribution is -0.386. The summed E-state index contributed by atoms with van der Waals surface area (Å²) in [6, 6.07) is 4.73. The van der Waals surface area contributed by atoms with Crippen LogP contribution in [0.3, 0.4) is 0 Å². The monoisotopic (exact) mass is 293 g/mol. The van der Waals surface area contributed by atoms with Crippen molar-refractivity contribution in [2.45, 2.75) is 31.7 Å². The topological polar surface area (TPSA) is 58.4 Å². The molecular weight excluding hydrogens is 273 g/mol. The molecule has 0 spiro atoms. The van der Waals surface area contributed by atoms with E-state index >= 15 is 0 Å². The van der Waals surface area contributed by atoms with E-state index in [9.17, 15) is 14.5 Å². The highest BCUT2D eigenvalue weighted by Gasteiger charge is 2.35. The number of nitro groups is 1. The Labute approximate surface area is 123 Å². The van der Waals surface area contributed by atoms with Crippen LogP contribution in [-0.2, 0) is 0 Å². The molecule has 1 atom stereocenters. The Morgan fingerprint density at radius 2 is 2.19 bits per heavy atom. The van der Waals surface area contributed by atoms with Crippen molar-refractivity contribution < 1.29 is 9.31 Å². The summed E-state index contributed by atoms with van der Waals surface area (Å²) in [6.45, 7) is 2.74. The third-order valence-corrected chi connectivity index (χ3v) is 4.30. The number of hydrogen-bond donors (Lipinski definition) is 1. The van der Waals surface area contributed by atoms with E-state index in [1.165, 1.54) is 0 Å². The number of hydrogen-bond acceptors (Lipinski definition) is 4. The number of halogens is 1. The molecule has 1 aromatic rings. The van der Waals surface area contributed by atoms with Gasteiger partial charge in [-0.1, -0.05) is 6.07 Å². The highest BCUT2D eigenvalue weighted by Crippen LogP contribution is 2.39. The van der Waals surface area contributed by atoms with Crippen LogP contribution in [0.5, 0.6) is 0 Å². The first-order valence-electron chi connectivity index (χ1n) is 7.57. The molecule has 0 amide bonds.